The largest absolute Gasteiger partial charge is 0.502 e. The Hall–Kier alpha value is -2.54. The molecule has 1 aromatic carbocycles. The Morgan fingerprint density at radius 2 is 2.06 bits per heavy atom. The van der Waals surface area contributed by atoms with Crippen LogP contribution in [0.3, 0.4) is 0 Å². The fourth-order valence-electron chi connectivity index (χ4n) is 1.25. The van der Waals surface area contributed by atoms with E-state index in [4.69, 9.17) is 5.26 Å². The van der Waals surface area contributed by atoms with Crippen molar-refractivity contribution >= 4 is 11.5 Å². The molecule has 0 saturated heterocycles. The van der Waals surface area contributed by atoms with Crippen LogP contribution in [-0.4, -0.2) is 17.7 Å². The van der Waals surface area contributed by atoms with Gasteiger partial charge >= 0.3 is 5.97 Å². The van der Waals surface area contributed by atoms with Crippen molar-refractivity contribution in [3.05, 3.63) is 53.8 Å². The van der Waals surface area contributed by atoms with E-state index < -0.39 is 11.7 Å². The number of carbonyl (C=O) groups excluding carboxylic acids is 1. The smallest absolute Gasteiger partial charge is 0.373 e. The van der Waals surface area contributed by atoms with Crippen molar-refractivity contribution in [2.75, 3.05) is 6.61 Å². The number of carbonyl (C=O) groups is 1. The monoisotopic (exact) mass is 243 g/mol. The van der Waals surface area contributed by atoms with E-state index in [9.17, 15) is 9.90 Å². The first-order valence-corrected chi connectivity index (χ1v) is 5.42. The van der Waals surface area contributed by atoms with Gasteiger partial charge in [0.25, 0.3) is 0 Å². The predicted octanol–water partition coefficient (Wildman–Crippen LogP) is 2.60. The maximum atomic E-state index is 11.1. The van der Waals surface area contributed by atoms with Crippen LogP contribution in [0.4, 0.5) is 0 Å². The summed E-state index contributed by atoms with van der Waals surface area (Å²) in [4.78, 5) is 11.1. The van der Waals surface area contributed by atoms with Gasteiger partial charge in [-0.25, -0.2) is 4.79 Å². The van der Waals surface area contributed by atoms with Gasteiger partial charge in [0, 0.05) is 0 Å². The van der Waals surface area contributed by atoms with Crippen LogP contribution in [0.25, 0.3) is 5.57 Å². The summed E-state index contributed by atoms with van der Waals surface area (Å²) in [5.41, 5.74) is 1.07. The lowest BCUT2D eigenvalue weighted by molar-refractivity contribution is -0.141. The van der Waals surface area contributed by atoms with Gasteiger partial charge in [0.2, 0.25) is 5.76 Å². The van der Waals surface area contributed by atoms with Gasteiger partial charge in [0.05, 0.1) is 18.2 Å². The quantitative estimate of drug-likeness (QED) is 0.290. The van der Waals surface area contributed by atoms with Crippen LogP contribution in [0.15, 0.2) is 48.2 Å². The molecule has 1 aromatic rings. The second-order valence-electron chi connectivity index (χ2n) is 3.33. The Labute approximate surface area is 105 Å². The van der Waals surface area contributed by atoms with Gasteiger partial charge in [0.15, 0.2) is 0 Å². The molecule has 0 fully saturated rings. The lowest BCUT2D eigenvalue weighted by atomic mass is 10.1. The van der Waals surface area contributed by atoms with Crippen LogP contribution in [0, 0.1) is 11.3 Å². The van der Waals surface area contributed by atoms with E-state index in [2.05, 4.69) is 4.74 Å². The van der Waals surface area contributed by atoms with Gasteiger partial charge in [-0.15, -0.1) is 0 Å². The molecular weight excluding hydrogens is 230 g/mol. The minimum Gasteiger partial charge on any atom is -0.502 e. The highest BCUT2D eigenvalue weighted by molar-refractivity contribution is 5.87. The van der Waals surface area contributed by atoms with Crippen LogP contribution in [0.1, 0.15) is 12.5 Å². The Balaban J connectivity index is 2.91. The molecule has 0 atom stereocenters. The number of allylic oxidation sites excluding steroid dienone is 3. The lowest BCUT2D eigenvalue weighted by Gasteiger charge is -1.99. The van der Waals surface area contributed by atoms with Crippen molar-refractivity contribution in [3.8, 4) is 6.07 Å². The first-order valence-electron chi connectivity index (χ1n) is 5.42. The van der Waals surface area contributed by atoms with Gasteiger partial charge in [0.1, 0.15) is 0 Å². The van der Waals surface area contributed by atoms with Crippen molar-refractivity contribution in [2.45, 2.75) is 6.92 Å². The van der Waals surface area contributed by atoms with Crippen molar-refractivity contribution in [3.63, 3.8) is 0 Å². The molecule has 0 aromatic heterocycles. The number of nitriles is 1. The van der Waals surface area contributed by atoms with E-state index in [0.717, 1.165) is 6.08 Å². The number of hydrogen-bond donors (Lipinski definition) is 1. The molecule has 0 saturated carbocycles. The number of ether oxygens (including phenoxy) is 1. The van der Waals surface area contributed by atoms with Crippen LogP contribution >= 0.6 is 0 Å². The highest BCUT2D eigenvalue weighted by Crippen LogP contribution is 2.13. The van der Waals surface area contributed by atoms with Crippen LogP contribution < -0.4 is 0 Å². The van der Waals surface area contributed by atoms with Crippen molar-refractivity contribution in [1.82, 2.24) is 0 Å². The number of aliphatic hydroxyl groups is 1. The van der Waals surface area contributed by atoms with Crippen LogP contribution in [-0.2, 0) is 9.53 Å². The Kier molecular flexibility index (Phi) is 5.20. The van der Waals surface area contributed by atoms with E-state index >= 15 is 0 Å². The van der Waals surface area contributed by atoms with E-state index in [1.54, 1.807) is 31.2 Å². The molecule has 0 bridgehead atoms. The molecular formula is C14H13NO3. The maximum absolute atomic E-state index is 11.1. The standard InChI is InChI=1S/C14H13NO3/c1-2-18-14(17)13(16)9-8-12(10-15)11-6-4-3-5-7-11/h3-9,16H,2H2,1H3/b12-8-,13-9-. The average molecular weight is 243 g/mol. The number of aliphatic hydroxyl groups excluding tert-OH is 1. The first kappa shape index (κ1) is 13.5. The maximum Gasteiger partial charge on any atom is 0.373 e. The third kappa shape index (κ3) is 3.80. The van der Waals surface area contributed by atoms with Gasteiger partial charge in [-0.3, -0.25) is 0 Å². The SMILES string of the molecule is CCOC(=O)/C(O)=C/C=C(/C#N)c1ccccc1. The summed E-state index contributed by atoms with van der Waals surface area (Å²) in [5, 5.41) is 18.4. The Bertz CT molecular complexity index is 510. The molecule has 92 valence electrons. The zero-order valence-electron chi connectivity index (χ0n) is 9.96. The lowest BCUT2D eigenvalue weighted by Crippen LogP contribution is -2.06. The van der Waals surface area contributed by atoms with Gasteiger partial charge in [-0.05, 0) is 24.6 Å². The molecule has 1 rings (SSSR count). The van der Waals surface area contributed by atoms with Gasteiger partial charge in [-0.2, -0.15) is 5.26 Å². The zero-order chi connectivity index (χ0) is 13.4. The summed E-state index contributed by atoms with van der Waals surface area (Å²) in [5.74, 6) is -1.33. The summed E-state index contributed by atoms with van der Waals surface area (Å²) in [6.07, 6.45) is 2.53. The molecule has 0 amide bonds. The van der Waals surface area contributed by atoms with E-state index in [1.165, 1.54) is 6.08 Å². The number of hydrogen-bond acceptors (Lipinski definition) is 4. The summed E-state index contributed by atoms with van der Waals surface area (Å²) >= 11 is 0. The zero-order valence-corrected chi connectivity index (χ0v) is 9.96. The second kappa shape index (κ2) is 6.92. The van der Waals surface area contributed by atoms with Crippen molar-refractivity contribution in [2.24, 2.45) is 0 Å². The summed E-state index contributed by atoms with van der Waals surface area (Å²) in [6, 6.07) is 11.0. The number of nitrogens with zero attached hydrogens (tertiary/aromatic N) is 1. The highest BCUT2D eigenvalue weighted by atomic mass is 16.5. The molecule has 1 N–H and O–H groups in total. The molecule has 18 heavy (non-hydrogen) atoms. The third-order valence-electron chi connectivity index (χ3n) is 2.10. The van der Waals surface area contributed by atoms with Crippen molar-refractivity contribution < 1.29 is 14.6 Å². The normalized spacial score (nSPS) is 11.8. The molecule has 0 aliphatic rings. The van der Waals surface area contributed by atoms with E-state index in [-0.39, 0.29) is 6.61 Å². The average Bonchev–Trinajstić information content (AvgIpc) is 2.40. The predicted molar refractivity (Wildman–Crippen MR) is 67.4 cm³/mol. The summed E-state index contributed by atoms with van der Waals surface area (Å²) in [7, 11) is 0. The molecule has 4 nitrogen and oxygen atoms in total. The minimum atomic E-state index is -0.806. The van der Waals surface area contributed by atoms with Gasteiger partial charge in [-0.1, -0.05) is 30.3 Å². The molecule has 0 heterocycles. The number of benzene rings is 1. The van der Waals surface area contributed by atoms with Gasteiger partial charge < -0.3 is 9.84 Å². The molecule has 4 heteroatoms. The molecule has 0 spiro atoms. The highest BCUT2D eigenvalue weighted by Gasteiger charge is 2.06. The van der Waals surface area contributed by atoms with E-state index in [0.29, 0.717) is 11.1 Å². The van der Waals surface area contributed by atoms with E-state index in [1.807, 2.05) is 12.1 Å². The number of rotatable bonds is 4. The Morgan fingerprint density at radius 1 is 1.39 bits per heavy atom. The van der Waals surface area contributed by atoms with Crippen LogP contribution in [0.5, 0.6) is 0 Å². The fraction of sp³-hybridized carbons (Fsp3) is 0.143. The number of esters is 1. The van der Waals surface area contributed by atoms with Crippen molar-refractivity contribution in [1.29, 1.82) is 5.26 Å². The summed E-state index contributed by atoms with van der Waals surface area (Å²) < 4.78 is 4.61. The third-order valence-corrected chi connectivity index (χ3v) is 2.10. The summed E-state index contributed by atoms with van der Waals surface area (Å²) in [6.45, 7) is 1.83. The molecule has 0 aliphatic heterocycles. The topological polar surface area (TPSA) is 70.3 Å². The second-order valence-corrected chi connectivity index (χ2v) is 3.33. The Morgan fingerprint density at radius 3 is 2.61 bits per heavy atom. The molecule has 0 aliphatic carbocycles. The fourth-order valence-corrected chi connectivity index (χ4v) is 1.25. The molecule has 0 unspecified atom stereocenters. The van der Waals surface area contributed by atoms with Crippen LogP contribution in [0.2, 0.25) is 0 Å². The molecule has 0 radical (unpaired) electrons. The first-order chi connectivity index (χ1) is 8.69. The minimum absolute atomic E-state index is 0.185.